The third kappa shape index (κ3) is 6.38. The van der Waals surface area contributed by atoms with Gasteiger partial charge in [0.1, 0.15) is 12.4 Å². The maximum atomic E-state index is 13.1. The summed E-state index contributed by atoms with van der Waals surface area (Å²) in [5.41, 5.74) is 4.53. The van der Waals surface area contributed by atoms with E-state index in [0.29, 0.717) is 38.2 Å². The highest BCUT2D eigenvalue weighted by Crippen LogP contribution is 2.34. The molecular formula is C23H19Br2FN2O3. The third-order valence-electron chi connectivity index (χ3n) is 4.16. The van der Waals surface area contributed by atoms with Crippen LogP contribution in [-0.2, 0) is 6.61 Å². The van der Waals surface area contributed by atoms with Gasteiger partial charge in [0, 0.05) is 14.5 Å². The minimum absolute atomic E-state index is 0.266. The summed E-state index contributed by atoms with van der Waals surface area (Å²) in [6.07, 6.45) is 1.52. The van der Waals surface area contributed by atoms with Crippen LogP contribution in [0.1, 0.15) is 28.4 Å². The number of halogens is 3. The molecule has 0 bridgehead atoms. The Hall–Kier alpha value is -2.71. The van der Waals surface area contributed by atoms with Gasteiger partial charge in [0.2, 0.25) is 0 Å². The number of nitrogens with one attached hydrogen (secondary N) is 1. The van der Waals surface area contributed by atoms with Crippen molar-refractivity contribution in [2.45, 2.75) is 13.5 Å². The van der Waals surface area contributed by atoms with Gasteiger partial charge in [-0.1, -0.05) is 24.3 Å². The molecule has 5 nitrogen and oxygen atoms in total. The molecule has 0 fully saturated rings. The average Bonchev–Trinajstić information content (AvgIpc) is 2.76. The van der Waals surface area contributed by atoms with Crippen molar-refractivity contribution in [2.75, 3.05) is 6.61 Å². The van der Waals surface area contributed by atoms with E-state index in [4.69, 9.17) is 9.47 Å². The SMILES string of the molecule is CCOc1cc(/C=N\NC(=O)c2ccccc2Br)c(Br)cc1OCc1ccc(F)cc1. The van der Waals surface area contributed by atoms with Gasteiger partial charge in [-0.15, -0.1) is 0 Å². The molecule has 0 aliphatic carbocycles. The first-order valence-electron chi connectivity index (χ1n) is 9.39. The molecular weight excluding hydrogens is 531 g/mol. The van der Waals surface area contributed by atoms with Crippen LogP contribution >= 0.6 is 31.9 Å². The Morgan fingerprint density at radius 2 is 1.74 bits per heavy atom. The monoisotopic (exact) mass is 548 g/mol. The van der Waals surface area contributed by atoms with Gasteiger partial charge >= 0.3 is 0 Å². The van der Waals surface area contributed by atoms with Gasteiger partial charge in [-0.2, -0.15) is 5.10 Å². The van der Waals surface area contributed by atoms with Crippen molar-refractivity contribution in [1.29, 1.82) is 0 Å². The maximum absolute atomic E-state index is 13.1. The van der Waals surface area contributed by atoms with Crippen molar-refractivity contribution in [2.24, 2.45) is 5.10 Å². The van der Waals surface area contributed by atoms with Crippen LogP contribution in [0.2, 0.25) is 0 Å². The zero-order valence-electron chi connectivity index (χ0n) is 16.6. The molecule has 1 amide bonds. The first-order chi connectivity index (χ1) is 15.0. The number of hydrogen-bond donors (Lipinski definition) is 1. The summed E-state index contributed by atoms with van der Waals surface area (Å²) in [5.74, 6) is 0.444. The number of carbonyl (C=O) groups excluding carboxylic acids is 1. The topological polar surface area (TPSA) is 59.9 Å². The minimum atomic E-state index is -0.330. The maximum Gasteiger partial charge on any atom is 0.272 e. The molecule has 0 heterocycles. The summed E-state index contributed by atoms with van der Waals surface area (Å²) in [4.78, 5) is 12.3. The smallest absolute Gasteiger partial charge is 0.272 e. The first kappa shape index (κ1) is 23.0. The fourth-order valence-corrected chi connectivity index (χ4v) is 3.53. The second kappa shape index (κ2) is 11.1. The number of carbonyl (C=O) groups is 1. The van der Waals surface area contributed by atoms with E-state index >= 15 is 0 Å². The fraction of sp³-hybridized carbons (Fsp3) is 0.130. The van der Waals surface area contributed by atoms with E-state index in [9.17, 15) is 9.18 Å². The van der Waals surface area contributed by atoms with Crippen LogP contribution in [0.25, 0.3) is 0 Å². The van der Waals surface area contributed by atoms with Crippen LogP contribution in [0.4, 0.5) is 4.39 Å². The van der Waals surface area contributed by atoms with Gasteiger partial charge in [-0.25, -0.2) is 9.82 Å². The minimum Gasteiger partial charge on any atom is -0.490 e. The van der Waals surface area contributed by atoms with Crippen LogP contribution in [0.15, 0.2) is 74.7 Å². The normalized spacial score (nSPS) is 10.8. The lowest BCUT2D eigenvalue weighted by Gasteiger charge is -2.14. The van der Waals surface area contributed by atoms with E-state index in [-0.39, 0.29) is 18.3 Å². The molecule has 0 saturated carbocycles. The summed E-state index contributed by atoms with van der Waals surface area (Å²) in [6, 6.07) is 16.7. The van der Waals surface area contributed by atoms with Crippen molar-refractivity contribution in [3.05, 3.63) is 92.1 Å². The van der Waals surface area contributed by atoms with Gasteiger partial charge in [0.25, 0.3) is 5.91 Å². The summed E-state index contributed by atoms with van der Waals surface area (Å²) in [5, 5.41) is 4.05. The second-order valence-corrected chi connectivity index (χ2v) is 8.06. The van der Waals surface area contributed by atoms with Crippen molar-refractivity contribution < 1.29 is 18.7 Å². The second-order valence-electron chi connectivity index (χ2n) is 6.35. The van der Waals surface area contributed by atoms with Gasteiger partial charge in [0.15, 0.2) is 11.5 Å². The Bertz CT molecular complexity index is 1090. The van der Waals surface area contributed by atoms with Gasteiger partial charge in [0.05, 0.1) is 18.4 Å². The molecule has 3 aromatic carbocycles. The highest BCUT2D eigenvalue weighted by molar-refractivity contribution is 9.10. The van der Waals surface area contributed by atoms with Crippen molar-refractivity contribution >= 4 is 44.0 Å². The summed E-state index contributed by atoms with van der Waals surface area (Å²) in [6.45, 7) is 2.59. The molecule has 3 aromatic rings. The molecule has 0 radical (unpaired) electrons. The predicted molar refractivity (Wildman–Crippen MR) is 125 cm³/mol. The van der Waals surface area contributed by atoms with Crippen molar-refractivity contribution in [1.82, 2.24) is 5.43 Å². The van der Waals surface area contributed by atoms with Crippen LogP contribution < -0.4 is 14.9 Å². The molecule has 0 atom stereocenters. The molecule has 0 spiro atoms. The largest absolute Gasteiger partial charge is 0.490 e. The van der Waals surface area contributed by atoms with Gasteiger partial charge in [-0.3, -0.25) is 4.79 Å². The van der Waals surface area contributed by atoms with E-state index in [1.807, 2.05) is 13.0 Å². The molecule has 0 unspecified atom stereocenters. The number of rotatable bonds is 8. The number of benzene rings is 3. The fourth-order valence-electron chi connectivity index (χ4n) is 2.64. The molecule has 0 aliphatic rings. The molecule has 160 valence electrons. The zero-order chi connectivity index (χ0) is 22.2. The predicted octanol–water partition coefficient (Wildman–Crippen LogP) is 6.09. The molecule has 0 saturated heterocycles. The summed E-state index contributed by atoms with van der Waals surface area (Å²) < 4.78 is 26.0. The lowest BCUT2D eigenvalue weighted by atomic mass is 10.2. The van der Waals surface area contributed by atoms with Crippen molar-refractivity contribution in [3.63, 3.8) is 0 Å². The highest BCUT2D eigenvalue weighted by atomic mass is 79.9. The van der Waals surface area contributed by atoms with E-state index in [1.54, 1.807) is 42.5 Å². The van der Waals surface area contributed by atoms with Crippen LogP contribution in [-0.4, -0.2) is 18.7 Å². The Labute approximate surface area is 196 Å². The first-order valence-corrected chi connectivity index (χ1v) is 11.0. The Morgan fingerprint density at radius 3 is 2.45 bits per heavy atom. The van der Waals surface area contributed by atoms with Gasteiger partial charge < -0.3 is 9.47 Å². The molecule has 8 heteroatoms. The molecule has 31 heavy (non-hydrogen) atoms. The third-order valence-corrected chi connectivity index (χ3v) is 5.54. The van der Waals surface area contributed by atoms with Crippen LogP contribution in [0, 0.1) is 5.82 Å². The molecule has 1 N–H and O–H groups in total. The van der Waals surface area contributed by atoms with Crippen LogP contribution in [0.3, 0.4) is 0 Å². The number of hydrogen-bond acceptors (Lipinski definition) is 4. The van der Waals surface area contributed by atoms with E-state index in [1.165, 1.54) is 18.3 Å². The van der Waals surface area contributed by atoms with E-state index < -0.39 is 0 Å². The molecule has 3 rings (SSSR count). The van der Waals surface area contributed by atoms with E-state index in [2.05, 4.69) is 42.4 Å². The number of amides is 1. The number of hydrazone groups is 1. The Balaban J connectivity index is 1.73. The van der Waals surface area contributed by atoms with Crippen molar-refractivity contribution in [3.8, 4) is 11.5 Å². The zero-order valence-corrected chi connectivity index (χ0v) is 19.7. The lowest BCUT2D eigenvalue weighted by molar-refractivity contribution is 0.0954. The average molecular weight is 550 g/mol. The Morgan fingerprint density at radius 1 is 1.03 bits per heavy atom. The van der Waals surface area contributed by atoms with Gasteiger partial charge in [-0.05, 0) is 80.7 Å². The summed E-state index contributed by atoms with van der Waals surface area (Å²) in [7, 11) is 0. The summed E-state index contributed by atoms with van der Waals surface area (Å²) >= 11 is 6.84. The number of nitrogens with zero attached hydrogens (tertiary/aromatic N) is 1. The Kier molecular flexibility index (Phi) is 8.20. The van der Waals surface area contributed by atoms with Crippen LogP contribution in [0.5, 0.6) is 11.5 Å². The molecule has 0 aromatic heterocycles. The number of ether oxygens (including phenoxy) is 2. The lowest BCUT2D eigenvalue weighted by Crippen LogP contribution is -2.18. The standard InChI is InChI=1S/C23H19Br2FN2O3/c1-2-30-21-11-16(13-27-28-23(29)18-5-3-4-6-19(18)24)20(25)12-22(21)31-14-15-7-9-17(26)10-8-15/h3-13H,2,14H2,1H3,(H,28,29)/b27-13-. The molecule has 0 aliphatic heterocycles. The van der Waals surface area contributed by atoms with E-state index in [0.717, 1.165) is 5.56 Å². The quantitative estimate of drug-likeness (QED) is 0.273. The highest BCUT2D eigenvalue weighted by Gasteiger charge is 2.11.